The average molecular weight is 518 g/mol. The highest BCUT2D eigenvalue weighted by Gasteiger charge is 2.18. The van der Waals surface area contributed by atoms with Crippen LogP contribution in [-0.2, 0) is 24.1 Å². The third-order valence-electron chi connectivity index (χ3n) is 7.38. The number of aromatic amines is 1. The first-order valence-corrected chi connectivity index (χ1v) is 13.9. The molecule has 7 heteroatoms. The Morgan fingerprint density at radius 3 is 2.73 bits per heavy atom. The number of carbonyl (C=O) groups is 1. The molecule has 0 radical (unpaired) electrons. The normalized spacial score (nSPS) is 14.0. The highest BCUT2D eigenvalue weighted by molar-refractivity contribution is 6.31. The van der Waals surface area contributed by atoms with Gasteiger partial charge in [0.2, 0.25) is 5.91 Å². The highest BCUT2D eigenvalue weighted by atomic mass is 35.5. The van der Waals surface area contributed by atoms with Gasteiger partial charge in [-0.3, -0.25) is 9.78 Å². The number of carbonyl (C=O) groups excluding carboxylic acids is 1. The molecule has 4 aromatic rings. The maximum absolute atomic E-state index is 12.5. The number of benzene rings is 2. The molecule has 194 valence electrons. The van der Waals surface area contributed by atoms with Crippen molar-refractivity contribution in [1.82, 2.24) is 15.3 Å². The number of nitrogens with zero attached hydrogens (tertiary/aromatic N) is 1. The summed E-state index contributed by atoms with van der Waals surface area (Å²) in [5, 5.41) is 9.75. The first-order valence-electron chi connectivity index (χ1n) is 13.5. The second-order valence-corrected chi connectivity index (χ2v) is 10.5. The number of hydrogen-bond acceptors (Lipinski definition) is 4. The summed E-state index contributed by atoms with van der Waals surface area (Å²) in [5.41, 5.74) is 13.2. The van der Waals surface area contributed by atoms with Crippen molar-refractivity contribution in [2.75, 3.05) is 18.4 Å². The number of H-pyrrole nitrogens is 1. The van der Waals surface area contributed by atoms with E-state index in [0.717, 1.165) is 77.5 Å². The van der Waals surface area contributed by atoms with Crippen LogP contribution in [0.3, 0.4) is 0 Å². The lowest BCUT2D eigenvalue weighted by molar-refractivity contribution is -0.122. The van der Waals surface area contributed by atoms with Gasteiger partial charge in [0.05, 0.1) is 11.6 Å². The molecule has 37 heavy (non-hydrogen) atoms. The zero-order valence-corrected chi connectivity index (χ0v) is 22.0. The van der Waals surface area contributed by atoms with Crippen LogP contribution in [0, 0.1) is 0 Å². The summed E-state index contributed by atoms with van der Waals surface area (Å²) in [6.45, 7) is 1.59. The van der Waals surface area contributed by atoms with Crippen molar-refractivity contribution >= 4 is 45.0 Å². The Morgan fingerprint density at radius 1 is 1.03 bits per heavy atom. The molecule has 2 aromatic carbocycles. The third-order valence-corrected chi connectivity index (χ3v) is 7.62. The number of para-hydroxylation sites is 1. The molecule has 5 rings (SSSR count). The first-order chi connectivity index (χ1) is 18.1. The van der Waals surface area contributed by atoms with Crippen LogP contribution in [0.1, 0.15) is 55.3 Å². The lowest BCUT2D eigenvalue weighted by atomic mass is 9.92. The van der Waals surface area contributed by atoms with Gasteiger partial charge in [0.1, 0.15) is 0 Å². The topological polar surface area (TPSA) is 95.8 Å². The van der Waals surface area contributed by atoms with Crippen LogP contribution in [0.5, 0.6) is 0 Å². The van der Waals surface area contributed by atoms with Crippen molar-refractivity contribution in [2.24, 2.45) is 5.73 Å². The number of nitrogens with one attached hydrogen (secondary N) is 3. The number of aromatic nitrogens is 2. The van der Waals surface area contributed by atoms with Gasteiger partial charge in [-0.2, -0.15) is 0 Å². The molecule has 2 heterocycles. The van der Waals surface area contributed by atoms with E-state index in [1.807, 2.05) is 36.5 Å². The SMILES string of the molecule is N[C@@H](Cc1c[nH]c2ccccc12)C(=O)NCCCCCCNc1c2c(nc3cc(Cl)ccc13)CCCC2. The van der Waals surface area contributed by atoms with E-state index in [1.54, 1.807) is 0 Å². The van der Waals surface area contributed by atoms with E-state index >= 15 is 0 Å². The van der Waals surface area contributed by atoms with Crippen molar-refractivity contribution < 1.29 is 4.79 Å². The molecule has 5 N–H and O–H groups in total. The number of anilines is 1. The predicted molar refractivity (Wildman–Crippen MR) is 153 cm³/mol. The van der Waals surface area contributed by atoms with Gasteiger partial charge in [-0.05, 0) is 80.3 Å². The summed E-state index contributed by atoms with van der Waals surface area (Å²) < 4.78 is 0. The molecule has 1 aliphatic carbocycles. The molecule has 6 nitrogen and oxygen atoms in total. The largest absolute Gasteiger partial charge is 0.384 e. The van der Waals surface area contributed by atoms with E-state index < -0.39 is 6.04 Å². The van der Waals surface area contributed by atoms with Crippen molar-refractivity contribution in [2.45, 2.75) is 63.8 Å². The van der Waals surface area contributed by atoms with E-state index in [4.69, 9.17) is 22.3 Å². The number of hydrogen-bond donors (Lipinski definition) is 4. The second-order valence-electron chi connectivity index (χ2n) is 10.1. The van der Waals surface area contributed by atoms with Gasteiger partial charge in [-0.1, -0.05) is 42.6 Å². The summed E-state index contributed by atoms with van der Waals surface area (Å²) >= 11 is 6.24. The molecule has 0 unspecified atom stereocenters. The highest BCUT2D eigenvalue weighted by Crippen LogP contribution is 2.34. The molecular weight excluding hydrogens is 482 g/mol. The Hall–Kier alpha value is -3.09. The number of rotatable bonds is 11. The van der Waals surface area contributed by atoms with E-state index in [2.05, 4.69) is 27.8 Å². The fourth-order valence-electron chi connectivity index (χ4n) is 5.39. The maximum Gasteiger partial charge on any atom is 0.237 e. The molecule has 0 saturated heterocycles. The van der Waals surface area contributed by atoms with Crippen LogP contribution in [0.2, 0.25) is 5.02 Å². The predicted octanol–water partition coefficient (Wildman–Crippen LogP) is 5.91. The molecule has 0 bridgehead atoms. The lowest BCUT2D eigenvalue weighted by Crippen LogP contribution is -2.42. The minimum atomic E-state index is -0.542. The first kappa shape index (κ1) is 25.6. The maximum atomic E-state index is 12.5. The molecular formula is C30H36ClN5O. The van der Waals surface area contributed by atoms with Gasteiger partial charge < -0.3 is 21.4 Å². The Morgan fingerprint density at radius 2 is 1.84 bits per heavy atom. The Bertz CT molecular complexity index is 1380. The molecule has 1 atom stereocenters. The zero-order valence-electron chi connectivity index (χ0n) is 21.3. The number of unbranched alkanes of at least 4 members (excludes halogenated alkanes) is 3. The molecule has 2 aromatic heterocycles. The summed E-state index contributed by atoms with van der Waals surface area (Å²) in [6.07, 6.45) is 11.3. The van der Waals surface area contributed by atoms with Crippen LogP contribution < -0.4 is 16.4 Å². The zero-order chi connectivity index (χ0) is 25.6. The molecule has 1 amide bonds. The Labute approximate surface area is 223 Å². The summed E-state index contributed by atoms with van der Waals surface area (Å²) in [6, 6.07) is 13.6. The molecule has 0 fully saturated rings. The number of halogens is 1. The van der Waals surface area contributed by atoms with Crippen LogP contribution in [0.4, 0.5) is 5.69 Å². The van der Waals surface area contributed by atoms with E-state index in [9.17, 15) is 4.79 Å². The number of amides is 1. The van der Waals surface area contributed by atoms with Crippen molar-refractivity contribution in [3.8, 4) is 0 Å². The summed E-state index contributed by atoms with van der Waals surface area (Å²) in [7, 11) is 0. The Kier molecular flexibility index (Phi) is 8.27. The van der Waals surface area contributed by atoms with Gasteiger partial charge in [0.25, 0.3) is 0 Å². The number of pyridine rings is 1. The average Bonchev–Trinajstić information content (AvgIpc) is 3.32. The van der Waals surface area contributed by atoms with Crippen LogP contribution in [0.15, 0.2) is 48.7 Å². The van der Waals surface area contributed by atoms with Gasteiger partial charge in [-0.25, -0.2) is 0 Å². The van der Waals surface area contributed by atoms with Crippen LogP contribution in [-0.4, -0.2) is 35.0 Å². The standard InChI is InChI=1S/C30H36ClN5O/c31-21-13-14-24-28(18-21)36-27-12-6-4-10-23(27)29(24)33-15-7-1-2-8-16-34-30(37)25(32)17-20-19-35-26-11-5-3-9-22(20)26/h3,5,9,11,13-14,18-19,25,35H,1-2,4,6-8,10,12,15-17,32H2,(H,33,36)(H,34,37)/t25-/m0/s1. The quantitative estimate of drug-likeness (QED) is 0.186. The third kappa shape index (κ3) is 6.08. The smallest absolute Gasteiger partial charge is 0.237 e. The second kappa shape index (κ2) is 12.0. The van der Waals surface area contributed by atoms with Crippen molar-refractivity contribution in [3.63, 3.8) is 0 Å². The fraction of sp³-hybridized carbons (Fsp3) is 0.400. The number of nitrogens with two attached hydrogens (primary N) is 1. The molecule has 0 saturated carbocycles. The van der Waals surface area contributed by atoms with Crippen LogP contribution in [0.25, 0.3) is 21.8 Å². The van der Waals surface area contributed by atoms with Crippen LogP contribution >= 0.6 is 11.6 Å². The molecule has 0 spiro atoms. The molecule has 0 aliphatic heterocycles. The summed E-state index contributed by atoms with van der Waals surface area (Å²) in [4.78, 5) is 20.6. The fourth-order valence-corrected chi connectivity index (χ4v) is 5.56. The monoisotopic (exact) mass is 517 g/mol. The van der Waals surface area contributed by atoms with E-state index in [-0.39, 0.29) is 5.91 Å². The Balaban J connectivity index is 1.03. The lowest BCUT2D eigenvalue weighted by Gasteiger charge is -2.22. The van der Waals surface area contributed by atoms with Crippen molar-refractivity contribution in [1.29, 1.82) is 0 Å². The van der Waals surface area contributed by atoms with Gasteiger partial charge in [-0.15, -0.1) is 0 Å². The van der Waals surface area contributed by atoms with E-state index in [0.29, 0.717) is 13.0 Å². The minimum absolute atomic E-state index is 0.0820. The van der Waals surface area contributed by atoms with Gasteiger partial charge in [0, 0.05) is 52.0 Å². The van der Waals surface area contributed by atoms with Gasteiger partial charge in [0.15, 0.2) is 0 Å². The van der Waals surface area contributed by atoms with Gasteiger partial charge >= 0.3 is 0 Å². The van der Waals surface area contributed by atoms with E-state index in [1.165, 1.54) is 29.8 Å². The van der Waals surface area contributed by atoms with Crippen molar-refractivity contribution in [3.05, 3.63) is 70.5 Å². The number of aryl methyl sites for hydroxylation is 1. The molecule has 1 aliphatic rings. The number of fused-ring (bicyclic) bond motifs is 3. The summed E-state index contributed by atoms with van der Waals surface area (Å²) in [5.74, 6) is -0.0820. The minimum Gasteiger partial charge on any atom is -0.384 e.